The lowest BCUT2D eigenvalue weighted by atomic mass is 9.88. The zero-order valence-electron chi connectivity index (χ0n) is 14.5. The number of nitrogens with zero attached hydrogens (tertiary/aromatic N) is 1. The molecule has 2 amide bonds. The van der Waals surface area contributed by atoms with Crippen LogP contribution in [0.4, 0.5) is 0 Å². The van der Waals surface area contributed by atoms with E-state index < -0.39 is 5.41 Å². The summed E-state index contributed by atoms with van der Waals surface area (Å²) < 4.78 is 0. The first kappa shape index (κ1) is 17.5. The summed E-state index contributed by atoms with van der Waals surface area (Å²) in [6, 6.07) is 10.0. The Bertz CT molecular complexity index is 540. The van der Waals surface area contributed by atoms with Crippen molar-refractivity contribution in [3.8, 4) is 0 Å². The summed E-state index contributed by atoms with van der Waals surface area (Å²) in [6.07, 6.45) is 2.96. The Morgan fingerprint density at radius 3 is 2.61 bits per heavy atom. The summed E-state index contributed by atoms with van der Waals surface area (Å²) in [7, 11) is 0. The van der Waals surface area contributed by atoms with E-state index in [-0.39, 0.29) is 11.8 Å². The monoisotopic (exact) mass is 316 g/mol. The largest absolute Gasteiger partial charge is 0.355 e. The zero-order chi connectivity index (χ0) is 16.9. The van der Waals surface area contributed by atoms with Gasteiger partial charge in [-0.1, -0.05) is 37.3 Å². The minimum Gasteiger partial charge on any atom is -0.355 e. The number of carbonyl (C=O) groups is 2. The molecule has 1 heterocycles. The first-order valence-electron chi connectivity index (χ1n) is 8.53. The highest BCUT2D eigenvalue weighted by Crippen LogP contribution is 2.24. The predicted octanol–water partition coefficient (Wildman–Crippen LogP) is 2.63. The molecule has 1 N–H and O–H groups in total. The zero-order valence-corrected chi connectivity index (χ0v) is 14.5. The molecular formula is C19H28N2O2. The molecule has 1 aliphatic heterocycles. The van der Waals surface area contributed by atoms with E-state index in [1.165, 1.54) is 5.56 Å². The third-order valence-corrected chi connectivity index (χ3v) is 4.59. The fourth-order valence-electron chi connectivity index (χ4n) is 3.05. The van der Waals surface area contributed by atoms with Crippen LogP contribution in [0.3, 0.4) is 0 Å². The Kier molecular flexibility index (Phi) is 5.80. The molecule has 0 aliphatic carbocycles. The van der Waals surface area contributed by atoms with E-state index in [0.717, 1.165) is 32.4 Å². The highest BCUT2D eigenvalue weighted by molar-refractivity contribution is 6.04. The van der Waals surface area contributed by atoms with E-state index in [1.54, 1.807) is 13.8 Å². The number of nitrogens with one attached hydrogen (secondary N) is 1. The van der Waals surface area contributed by atoms with Gasteiger partial charge in [0, 0.05) is 19.6 Å². The van der Waals surface area contributed by atoms with Gasteiger partial charge in [-0.05, 0) is 44.6 Å². The van der Waals surface area contributed by atoms with Gasteiger partial charge in [0.1, 0.15) is 5.41 Å². The van der Waals surface area contributed by atoms with Crippen LogP contribution in [0.25, 0.3) is 0 Å². The van der Waals surface area contributed by atoms with Gasteiger partial charge in [-0.25, -0.2) is 0 Å². The van der Waals surface area contributed by atoms with Gasteiger partial charge in [0.25, 0.3) is 0 Å². The summed E-state index contributed by atoms with van der Waals surface area (Å²) in [4.78, 5) is 27.0. The van der Waals surface area contributed by atoms with Crippen molar-refractivity contribution in [2.45, 2.75) is 40.0 Å². The highest BCUT2D eigenvalue weighted by atomic mass is 16.2. The van der Waals surface area contributed by atoms with E-state index in [9.17, 15) is 9.59 Å². The van der Waals surface area contributed by atoms with Crippen LogP contribution in [-0.4, -0.2) is 36.3 Å². The van der Waals surface area contributed by atoms with Crippen LogP contribution in [0.1, 0.15) is 39.2 Å². The van der Waals surface area contributed by atoms with E-state index in [2.05, 4.69) is 12.2 Å². The van der Waals surface area contributed by atoms with Gasteiger partial charge in [0.2, 0.25) is 11.8 Å². The van der Waals surface area contributed by atoms with Gasteiger partial charge in [0.05, 0.1) is 0 Å². The second-order valence-corrected chi connectivity index (χ2v) is 7.12. The Labute approximate surface area is 139 Å². The fraction of sp³-hybridized carbons (Fsp3) is 0.579. The first-order chi connectivity index (χ1) is 10.9. The molecular weight excluding hydrogens is 288 g/mol. The molecule has 4 heteroatoms. The predicted molar refractivity (Wildman–Crippen MR) is 91.9 cm³/mol. The van der Waals surface area contributed by atoms with E-state index in [0.29, 0.717) is 12.5 Å². The number of hydrogen-bond acceptors (Lipinski definition) is 2. The van der Waals surface area contributed by atoms with Crippen LogP contribution < -0.4 is 5.32 Å². The van der Waals surface area contributed by atoms with Crippen LogP contribution in [0.15, 0.2) is 30.3 Å². The number of carbonyl (C=O) groups excluding carboxylic acids is 2. The van der Waals surface area contributed by atoms with Gasteiger partial charge >= 0.3 is 0 Å². The average Bonchev–Trinajstić information content (AvgIpc) is 2.55. The van der Waals surface area contributed by atoms with Gasteiger partial charge in [-0.2, -0.15) is 0 Å². The molecule has 0 aromatic heterocycles. The van der Waals surface area contributed by atoms with Crippen LogP contribution >= 0.6 is 0 Å². The minimum atomic E-state index is -1.01. The molecule has 0 radical (unpaired) electrons. The lowest BCUT2D eigenvalue weighted by molar-refractivity contribution is -0.149. The van der Waals surface area contributed by atoms with Crippen molar-refractivity contribution < 1.29 is 9.59 Å². The molecule has 2 rings (SSSR count). The summed E-state index contributed by atoms with van der Waals surface area (Å²) in [5.74, 6) is 0.280. The molecule has 1 saturated heterocycles. The third kappa shape index (κ3) is 4.57. The Hall–Kier alpha value is -1.84. The number of rotatable bonds is 5. The molecule has 1 aromatic carbocycles. The van der Waals surface area contributed by atoms with Crippen LogP contribution in [0.5, 0.6) is 0 Å². The number of hydrogen-bond donors (Lipinski definition) is 1. The van der Waals surface area contributed by atoms with Gasteiger partial charge in [-0.15, -0.1) is 0 Å². The average molecular weight is 316 g/mol. The normalized spacial score (nSPS) is 18.6. The van der Waals surface area contributed by atoms with Gasteiger partial charge < -0.3 is 10.2 Å². The van der Waals surface area contributed by atoms with Crippen LogP contribution in [0.2, 0.25) is 0 Å². The van der Waals surface area contributed by atoms with Gasteiger partial charge in [-0.3, -0.25) is 9.59 Å². The maximum atomic E-state index is 12.7. The number of likely N-dealkylation sites (tertiary alicyclic amines) is 1. The maximum absolute atomic E-state index is 12.7. The highest BCUT2D eigenvalue weighted by Gasteiger charge is 2.39. The van der Waals surface area contributed by atoms with Gasteiger partial charge in [0.15, 0.2) is 0 Å². The van der Waals surface area contributed by atoms with Crippen molar-refractivity contribution in [1.29, 1.82) is 0 Å². The second kappa shape index (κ2) is 7.62. The van der Waals surface area contributed by atoms with Crippen molar-refractivity contribution in [3.63, 3.8) is 0 Å². The number of piperidine rings is 1. The molecule has 1 fully saturated rings. The number of benzene rings is 1. The molecule has 1 unspecified atom stereocenters. The molecule has 126 valence electrons. The van der Waals surface area contributed by atoms with Crippen molar-refractivity contribution in [2.75, 3.05) is 19.6 Å². The van der Waals surface area contributed by atoms with Crippen molar-refractivity contribution >= 4 is 11.8 Å². The standard InChI is InChI=1S/C19H28N2O2/c1-15-8-7-13-21(14-15)18(23)19(2,3)17(22)20-12-11-16-9-5-4-6-10-16/h4-6,9-10,15H,7-8,11-14H2,1-3H3,(H,20,22). The van der Waals surface area contributed by atoms with E-state index >= 15 is 0 Å². The molecule has 1 atom stereocenters. The lowest BCUT2D eigenvalue weighted by Gasteiger charge is -2.36. The maximum Gasteiger partial charge on any atom is 0.237 e. The van der Waals surface area contributed by atoms with E-state index in [4.69, 9.17) is 0 Å². The molecule has 1 aliphatic rings. The lowest BCUT2D eigenvalue weighted by Crippen LogP contribution is -2.52. The molecule has 0 saturated carbocycles. The second-order valence-electron chi connectivity index (χ2n) is 7.12. The van der Waals surface area contributed by atoms with Crippen molar-refractivity contribution in [2.24, 2.45) is 11.3 Å². The van der Waals surface area contributed by atoms with Crippen molar-refractivity contribution in [1.82, 2.24) is 10.2 Å². The Morgan fingerprint density at radius 1 is 1.26 bits per heavy atom. The SMILES string of the molecule is CC1CCCN(C(=O)C(C)(C)C(=O)NCCc2ccccc2)C1. The van der Waals surface area contributed by atoms with Crippen molar-refractivity contribution in [3.05, 3.63) is 35.9 Å². The van der Waals surface area contributed by atoms with Crippen LogP contribution in [-0.2, 0) is 16.0 Å². The quantitative estimate of drug-likeness (QED) is 0.849. The fourth-order valence-corrected chi connectivity index (χ4v) is 3.05. The molecule has 0 bridgehead atoms. The molecule has 4 nitrogen and oxygen atoms in total. The summed E-state index contributed by atoms with van der Waals surface area (Å²) in [5, 5.41) is 2.92. The third-order valence-electron chi connectivity index (χ3n) is 4.59. The smallest absolute Gasteiger partial charge is 0.237 e. The molecule has 0 spiro atoms. The summed E-state index contributed by atoms with van der Waals surface area (Å²) in [6.45, 7) is 7.70. The Balaban J connectivity index is 1.87. The first-order valence-corrected chi connectivity index (χ1v) is 8.53. The molecule has 1 aromatic rings. The topological polar surface area (TPSA) is 49.4 Å². The summed E-state index contributed by atoms with van der Waals surface area (Å²) >= 11 is 0. The molecule has 23 heavy (non-hydrogen) atoms. The Morgan fingerprint density at radius 2 is 1.96 bits per heavy atom. The summed E-state index contributed by atoms with van der Waals surface area (Å²) in [5.41, 5.74) is 0.176. The van der Waals surface area contributed by atoms with Crippen LogP contribution in [0, 0.1) is 11.3 Å². The number of amides is 2. The van der Waals surface area contributed by atoms with E-state index in [1.807, 2.05) is 35.2 Å². The minimum absolute atomic E-state index is 0.0544.